The number of carbonyl (C=O) groups is 1. The minimum Gasteiger partial charge on any atom is -0.497 e. The number of carbonyl (C=O) groups excluding carboxylic acids is 1. The van der Waals surface area contributed by atoms with Crippen LogP contribution in [-0.2, 0) is 9.53 Å². The minimum absolute atomic E-state index is 0.0566. The molecule has 0 fully saturated rings. The normalized spacial score (nSPS) is 12.6. The molecule has 1 aliphatic heterocycles. The summed E-state index contributed by atoms with van der Waals surface area (Å²) in [4.78, 5) is 23.8. The third-order valence-electron chi connectivity index (χ3n) is 5.39. The van der Waals surface area contributed by atoms with Crippen LogP contribution in [0.3, 0.4) is 0 Å². The van der Waals surface area contributed by atoms with Gasteiger partial charge in [0.25, 0.3) is 0 Å². The van der Waals surface area contributed by atoms with Gasteiger partial charge >= 0.3 is 5.97 Å². The number of esters is 1. The molecule has 0 spiro atoms. The summed E-state index contributed by atoms with van der Waals surface area (Å²) in [6.07, 6.45) is 5.55. The van der Waals surface area contributed by atoms with Gasteiger partial charge in [0.1, 0.15) is 23.8 Å². The van der Waals surface area contributed by atoms with Crippen molar-refractivity contribution in [3.05, 3.63) is 78.2 Å². The van der Waals surface area contributed by atoms with Crippen molar-refractivity contribution >= 4 is 29.2 Å². The Balaban J connectivity index is 1.73. The summed E-state index contributed by atoms with van der Waals surface area (Å²) in [5, 5.41) is 0. The summed E-state index contributed by atoms with van der Waals surface area (Å²) in [5.41, 5.74) is 5.15. The average molecular weight is 426 g/mol. The second-order valence-electron chi connectivity index (χ2n) is 7.33. The van der Waals surface area contributed by atoms with Gasteiger partial charge in [-0.2, -0.15) is 0 Å². The van der Waals surface area contributed by atoms with Crippen LogP contribution in [-0.4, -0.2) is 40.6 Å². The van der Waals surface area contributed by atoms with Crippen LogP contribution in [0.4, 0.5) is 5.82 Å². The molecular formula is C25H22N4O3. The number of ether oxygens (including phenoxy) is 2. The number of methoxy groups -OCH3 is 1. The first-order valence-electron chi connectivity index (χ1n) is 10.4. The van der Waals surface area contributed by atoms with Crippen molar-refractivity contribution in [2.75, 3.05) is 25.2 Å². The van der Waals surface area contributed by atoms with E-state index >= 15 is 0 Å². The molecule has 0 unspecified atom stereocenters. The summed E-state index contributed by atoms with van der Waals surface area (Å²) in [6.45, 7) is 2.19. The lowest BCUT2D eigenvalue weighted by atomic mass is 10.1. The van der Waals surface area contributed by atoms with Gasteiger partial charge in [0.15, 0.2) is 5.65 Å². The van der Waals surface area contributed by atoms with Crippen LogP contribution in [0.5, 0.6) is 5.75 Å². The van der Waals surface area contributed by atoms with Gasteiger partial charge in [-0.05, 0) is 42.8 Å². The maximum atomic E-state index is 12.6. The predicted octanol–water partition coefficient (Wildman–Crippen LogP) is 4.29. The van der Waals surface area contributed by atoms with Gasteiger partial charge in [0.2, 0.25) is 0 Å². The highest BCUT2D eigenvalue weighted by Gasteiger charge is 2.30. The number of aromatic nitrogens is 3. The van der Waals surface area contributed by atoms with Crippen LogP contribution in [0.25, 0.3) is 28.7 Å². The Morgan fingerprint density at radius 2 is 1.78 bits per heavy atom. The molecule has 0 radical (unpaired) electrons. The van der Waals surface area contributed by atoms with Crippen molar-refractivity contribution in [3.8, 4) is 17.0 Å². The number of benzene rings is 2. The zero-order valence-electron chi connectivity index (χ0n) is 17.9. The van der Waals surface area contributed by atoms with Crippen molar-refractivity contribution < 1.29 is 14.3 Å². The molecule has 0 N–H and O–H groups in total. The third kappa shape index (κ3) is 3.37. The summed E-state index contributed by atoms with van der Waals surface area (Å²) >= 11 is 0. The van der Waals surface area contributed by atoms with E-state index in [1.165, 1.54) is 0 Å². The molecule has 0 aliphatic carbocycles. The molecule has 0 atom stereocenters. The molecule has 2 aromatic heterocycles. The van der Waals surface area contributed by atoms with Gasteiger partial charge < -0.3 is 14.4 Å². The van der Waals surface area contributed by atoms with E-state index in [-0.39, 0.29) is 12.5 Å². The molecule has 7 heteroatoms. The average Bonchev–Trinajstić information content (AvgIpc) is 3.23. The van der Waals surface area contributed by atoms with E-state index < -0.39 is 0 Å². The maximum absolute atomic E-state index is 12.6. The van der Waals surface area contributed by atoms with Crippen molar-refractivity contribution in [3.63, 3.8) is 0 Å². The fourth-order valence-electron chi connectivity index (χ4n) is 3.98. The van der Waals surface area contributed by atoms with Crippen molar-refractivity contribution in [2.24, 2.45) is 0 Å². The molecule has 5 rings (SSSR count). The van der Waals surface area contributed by atoms with Gasteiger partial charge in [-0.25, -0.2) is 4.98 Å². The lowest BCUT2D eigenvalue weighted by Gasteiger charge is -2.31. The molecule has 2 aromatic carbocycles. The minimum atomic E-state index is -0.307. The highest BCUT2D eigenvalue weighted by atomic mass is 16.5. The van der Waals surface area contributed by atoms with Crippen LogP contribution >= 0.6 is 0 Å². The predicted molar refractivity (Wildman–Crippen MR) is 123 cm³/mol. The van der Waals surface area contributed by atoms with Crippen molar-refractivity contribution in [1.29, 1.82) is 0 Å². The number of rotatable bonds is 6. The maximum Gasteiger partial charge on any atom is 0.326 e. The van der Waals surface area contributed by atoms with Crippen molar-refractivity contribution in [2.45, 2.75) is 6.92 Å². The number of hydrogen-bond donors (Lipinski definition) is 0. The van der Waals surface area contributed by atoms with Crippen molar-refractivity contribution in [1.82, 2.24) is 14.4 Å². The number of imidazole rings is 1. The monoisotopic (exact) mass is 426 g/mol. The van der Waals surface area contributed by atoms with E-state index in [0.29, 0.717) is 6.61 Å². The third-order valence-corrected chi connectivity index (χ3v) is 5.39. The van der Waals surface area contributed by atoms with Gasteiger partial charge in [0, 0.05) is 5.56 Å². The highest BCUT2D eigenvalue weighted by molar-refractivity contribution is 5.99. The molecule has 0 saturated heterocycles. The molecule has 3 heterocycles. The van der Waals surface area contributed by atoms with E-state index in [2.05, 4.69) is 4.98 Å². The smallest absolute Gasteiger partial charge is 0.326 e. The van der Waals surface area contributed by atoms with E-state index in [4.69, 9.17) is 14.5 Å². The lowest BCUT2D eigenvalue weighted by molar-refractivity contribution is -0.141. The Labute approximate surface area is 185 Å². The Kier molecular flexibility index (Phi) is 5.07. The first-order valence-corrected chi connectivity index (χ1v) is 10.4. The molecule has 4 aromatic rings. The molecule has 0 amide bonds. The fourth-order valence-corrected chi connectivity index (χ4v) is 3.98. The van der Waals surface area contributed by atoms with Crippen LogP contribution in [0.15, 0.2) is 67.0 Å². The standard InChI is InChI=1S/C25H22N4O3/c1-3-32-23(30)16-28-21(17-9-11-20(31-2)12-10-17)13-19-14-26-15-22-27-24(25(28)29(19)22)18-7-5-4-6-8-18/h4-15H,3,16H2,1-2H3. The van der Waals surface area contributed by atoms with E-state index in [1.54, 1.807) is 19.5 Å². The Bertz CT molecular complexity index is 1310. The zero-order valence-corrected chi connectivity index (χ0v) is 17.9. The SMILES string of the molecule is CCOC(=O)CN1C(c2ccc(OC)cc2)=Cc2cncc3nc(-c4ccccc4)c1n23. The van der Waals surface area contributed by atoms with E-state index in [9.17, 15) is 4.79 Å². The van der Waals surface area contributed by atoms with Crippen LogP contribution < -0.4 is 9.64 Å². The largest absolute Gasteiger partial charge is 0.497 e. The molecule has 0 bridgehead atoms. The zero-order chi connectivity index (χ0) is 22.1. The van der Waals surface area contributed by atoms with Gasteiger partial charge in [0.05, 0.1) is 37.5 Å². The summed E-state index contributed by atoms with van der Waals surface area (Å²) < 4.78 is 12.6. The second kappa shape index (κ2) is 8.19. The van der Waals surface area contributed by atoms with Gasteiger partial charge in [-0.1, -0.05) is 30.3 Å². The van der Waals surface area contributed by atoms with E-state index in [1.807, 2.05) is 76.9 Å². The molecule has 32 heavy (non-hydrogen) atoms. The topological polar surface area (TPSA) is 69.0 Å². The van der Waals surface area contributed by atoms with Gasteiger partial charge in [-0.3, -0.25) is 14.2 Å². The lowest BCUT2D eigenvalue weighted by Crippen LogP contribution is -2.33. The fraction of sp³-hybridized carbons (Fsp3) is 0.160. The Hall–Kier alpha value is -4.13. The summed E-state index contributed by atoms with van der Waals surface area (Å²) in [7, 11) is 1.64. The molecular weight excluding hydrogens is 404 g/mol. The highest BCUT2D eigenvalue weighted by Crippen LogP contribution is 2.40. The number of anilines is 1. The first kappa shape index (κ1) is 19.8. The van der Waals surface area contributed by atoms with Crippen LogP contribution in [0, 0.1) is 0 Å². The number of nitrogens with zero attached hydrogens (tertiary/aromatic N) is 4. The van der Waals surface area contributed by atoms with E-state index in [0.717, 1.165) is 45.4 Å². The Morgan fingerprint density at radius 1 is 1.00 bits per heavy atom. The first-order chi connectivity index (χ1) is 15.7. The van der Waals surface area contributed by atoms with Gasteiger partial charge in [-0.15, -0.1) is 0 Å². The molecule has 160 valence electrons. The number of hydrogen-bond acceptors (Lipinski definition) is 6. The second-order valence-corrected chi connectivity index (χ2v) is 7.33. The summed E-state index contributed by atoms with van der Waals surface area (Å²) in [5.74, 6) is 1.27. The summed E-state index contributed by atoms with van der Waals surface area (Å²) in [6, 6.07) is 17.7. The Morgan fingerprint density at radius 3 is 2.50 bits per heavy atom. The molecule has 7 nitrogen and oxygen atoms in total. The molecule has 1 aliphatic rings. The van der Waals surface area contributed by atoms with Crippen LogP contribution in [0.1, 0.15) is 18.2 Å². The quantitative estimate of drug-likeness (QED) is 0.429. The molecule has 0 saturated carbocycles. The van der Waals surface area contributed by atoms with Crippen LogP contribution in [0.2, 0.25) is 0 Å².